The van der Waals surface area contributed by atoms with Gasteiger partial charge in [0.15, 0.2) is 0 Å². The van der Waals surface area contributed by atoms with Gasteiger partial charge in [0.05, 0.1) is 22.1 Å². The van der Waals surface area contributed by atoms with Crippen molar-refractivity contribution in [3.8, 4) is 0 Å². The summed E-state index contributed by atoms with van der Waals surface area (Å²) in [7, 11) is -4.07. The van der Waals surface area contributed by atoms with Gasteiger partial charge in [-0.2, -0.15) is 0 Å². The number of ether oxygens (including phenoxy) is 1. The van der Waals surface area contributed by atoms with Crippen LogP contribution in [0.15, 0.2) is 65.7 Å². The van der Waals surface area contributed by atoms with Gasteiger partial charge in [-0.05, 0) is 23.6 Å². The van der Waals surface area contributed by atoms with E-state index in [0.29, 0.717) is 11.1 Å². The number of aromatic nitrogens is 1. The van der Waals surface area contributed by atoms with Crippen LogP contribution in [0.1, 0.15) is 29.9 Å². The van der Waals surface area contributed by atoms with Crippen molar-refractivity contribution in [1.82, 2.24) is 9.71 Å². The molecule has 0 fully saturated rings. The summed E-state index contributed by atoms with van der Waals surface area (Å²) in [5.41, 5.74) is 0.528. The third-order valence-corrected chi connectivity index (χ3v) is 5.58. The van der Waals surface area contributed by atoms with Crippen molar-refractivity contribution < 1.29 is 22.7 Å². The van der Waals surface area contributed by atoms with Crippen molar-refractivity contribution in [3.63, 3.8) is 0 Å². The lowest BCUT2D eigenvalue weighted by molar-refractivity contribution is -0.148. The summed E-state index contributed by atoms with van der Waals surface area (Å²) in [4.78, 5) is 28.0. The molecular weight excluding hydrogens is 392 g/mol. The van der Waals surface area contributed by atoms with Gasteiger partial charge in [-0.1, -0.05) is 50.2 Å². The Morgan fingerprint density at radius 3 is 2.45 bits per heavy atom. The van der Waals surface area contributed by atoms with Crippen molar-refractivity contribution in [1.29, 1.82) is 0 Å². The van der Waals surface area contributed by atoms with Crippen LogP contribution in [0.5, 0.6) is 0 Å². The van der Waals surface area contributed by atoms with E-state index < -0.39 is 15.9 Å². The van der Waals surface area contributed by atoms with Gasteiger partial charge in [-0.3, -0.25) is 14.6 Å². The average Bonchev–Trinajstić information content (AvgIpc) is 2.71. The first kappa shape index (κ1) is 20.5. The van der Waals surface area contributed by atoms with E-state index in [0.717, 1.165) is 5.39 Å². The Bertz CT molecular complexity index is 1150. The molecule has 2 aromatic carbocycles. The molecule has 1 aromatic heterocycles. The van der Waals surface area contributed by atoms with E-state index >= 15 is 0 Å². The first-order chi connectivity index (χ1) is 13.8. The van der Waals surface area contributed by atoms with Gasteiger partial charge < -0.3 is 4.74 Å². The lowest BCUT2D eigenvalue weighted by atomic mass is 10.1. The molecule has 0 aliphatic rings. The van der Waals surface area contributed by atoms with Crippen molar-refractivity contribution in [2.45, 2.75) is 25.3 Å². The highest BCUT2D eigenvalue weighted by molar-refractivity contribution is 7.90. The first-order valence-corrected chi connectivity index (χ1v) is 10.4. The summed E-state index contributed by atoms with van der Waals surface area (Å²) in [6.45, 7) is 3.42. The number of carbonyl (C=O) groups is 2. The number of nitrogens with zero attached hydrogens (tertiary/aromatic N) is 1. The Morgan fingerprint density at radius 2 is 1.76 bits per heavy atom. The normalized spacial score (nSPS) is 11.4. The molecule has 0 bridgehead atoms. The molecule has 0 radical (unpaired) electrons. The Morgan fingerprint density at radius 1 is 1.03 bits per heavy atom. The number of sulfonamides is 1. The number of fused-ring (bicyclic) bond motifs is 1. The zero-order chi connectivity index (χ0) is 21.0. The van der Waals surface area contributed by atoms with Gasteiger partial charge in [-0.15, -0.1) is 0 Å². The van der Waals surface area contributed by atoms with E-state index in [1.807, 2.05) is 6.07 Å². The second kappa shape index (κ2) is 8.40. The van der Waals surface area contributed by atoms with Crippen LogP contribution in [0.4, 0.5) is 0 Å². The summed E-state index contributed by atoms with van der Waals surface area (Å²) >= 11 is 0. The Hall–Kier alpha value is -3.26. The van der Waals surface area contributed by atoms with E-state index in [1.165, 1.54) is 24.4 Å². The molecule has 1 N–H and O–H groups in total. The predicted octanol–water partition coefficient (Wildman–Crippen LogP) is 3.05. The van der Waals surface area contributed by atoms with E-state index in [1.54, 1.807) is 44.2 Å². The number of rotatable bonds is 6. The fourth-order valence-electron chi connectivity index (χ4n) is 2.62. The maximum Gasteiger partial charge on any atom is 0.308 e. The van der Waals surface area contributed by atoms with E-state index in [4.69, 9.17) is 4.74 Å². The number of benzene rings is 2. The zero-order valence-electron chi connectivity index (χ0n) is 16.0. The Labute approximate surface area is 168 Å². The van der Waals surface area contributed by atoms with Gasteiger partial charge in [0.25, 0.3) is 15.9 Å². The number of hydrogen-bond donors (Lipinski definition) is 1. The van der Waals surface area contributed by atoms with Crippen molar-refractivity contribution in [2.24, 2.45) is 5.92 Å². The van der Waals surface area contributed by atoms with Gasteiger partial charge in [0.1, 0.15) is 6.61 Å². The minimum absolute atomic E-state index is 0.0206. The fourth-order valence-corrected chi connectivity index (χ4v) is 3.83. The van der Waals surface area contributed by atoms with Gasteiger partial charge >= 0.3 is 5.97 Å². The maximum atomic E-state index is 12.7. The summed E-state index contributed by atoms with van der Waals surface area (Å²) < 4.78 is 32.6. The molecule has 1 heterocycles. The fraction of sp³-hybridized carbons (Fsp3) is 0.190. The molecule has 29 heavy (non-hydrogen) atoms. The largest absolute Gasteiger partial charge is 0.459 e. The number of hydrogen-bond acceptors (Lipinski definition) is 6. The highest BCUT2D eigenvalue weighted by Gasteiger charge is 2.21. The van der Waals surface area contributed by atoms with E-state index in [2.05, 4.69) is 9.71 Å². The second-order valence-electron chi connectivity index (χ2n) is 6.71. The van der Waals surface area contributed by atoms with Crippen LogP contribution >= 0.6 is 0 Å². The molecule has 3 rings (SSSR count). The van der Waals surface area contributed by atoms with Crippen LogP contribution < -0.4 is 4.72 Å². The zero-order valence-corrected chi connectivity index (χ0v) is 16.8. The summed E-state index contributed by atoms with van der Waals surface area (Å²) in [6.07, 6.45) is 1.24. The molecule has 0 aliphatic heterocycles. The number of nitrogens with one attached hydrogen (secondary N) is 1. The summed E-state index contributed by atoms with van der Waals surface area (Å²) in [6, 6.07) is 14.8. The SMILES string of the molecule is CC(C)C(=O)OCc1ccc(C(=O)NS(=O)(=O)c2cccc3ccccc23)cn1. The molecule has 3 aromatic rings. The summed E-state index contributed by atoms with van der Waals surface area (Å²) in [5.74, 6) is -1.40. The average molecular weight is 412 g/mol. The molecule has 7 nitrogen and oxygen atoms in total. The minimum atomic E-state index is -4.07. The lowest BCUT2D eigenvalue weighted by Gasteiger charge is -2.10. The second-order valence-corrected chi connectivity index (χ2v) is 8.36. The third-order valence-electron chi connectivity index (χ3n) is 4.19. The van der Waals surface area contributed by atoms with Crippen LogP contribution in [0.3, 0.4) is 0 Å². The predicted molar refractivity (Wildman–Crippen MR) is 107 cm³/mol. The van der Waals surface area contributed by atoms with Crippen molar-refractivity contribution in [3.05, 3.63) is 72.1 Å². The van der Waals surface area contributed by atoms with Crippen molar-refractivity contribution in [2.75, 3.05) is 0 Å². The quantitative estimate of drug-likeness (QED) is 0.624. The number of esters is 1. The molecule has 0 saturated carbocycles. The molecule has 0 spiro atoms. The molecule has 8 heteroatoms. The van der Waals surface area contributed by atoms with Crippen LogP contribution in [0, 0.1) is 5.92 Å². The summed E-state index contributed by atoms with van der Waals surface area (Å²) in [5, 5.41) is 1.28. The minimum Gasteiger partial charge on any atom is -0.459 e. The lowest BCUT2D eigenvalue weighted by Crippen LogP contribution is -2.30. The van der Waals surface area contributed by atoms with Gasteiger partial charge in [0, 0.05) is 11.6 Å². The van der Waals surface area contributed by atoms with Gasteiger partial charge in [-0.25, -0.2) is 13.1 Å². The van der Waals surface area contributed by atoms with Gasteiger partial charge in [0.2, 0.25) is 0 Å². The molecular formula is C21H20N2O5S. The molecule has 1 amide bonds. The first-order valence-electron chi connectivity index (χ1n) is 8.94. The molecule has 150 valence electrons. The maximum absolute atomic E-state index is 12.7. The molecule has 0 atom stereocenters. The number of carbonyl (C=O) groups excluding carboxylic acids is 2. The highest BCUT2D eigenvalue weighted by atomic mass is 32.2. The Kier molecular flexibility index (Phi) is 5.93. The van der Waals surface area contributed by atoms with Crippen LogP contribution in [-0.4, -0.2) is 25.3 Å². The highest BCUT2D eigenvalue weighted by Crippen LogP contribution is 2.22. The topological polar surface area (TPSA) is 102 Å². The van der Waals surface area contributed by atoms with Crippen LogP contribution in [-0.2, 0) is 26.2 Å². The molecule has 0 unspecified atom stereocenters. The molecule has 0 aliphatic carbocycles. The van der Waals surface area contributed by atoms with E-state index in [-0.39, 0.29) is 29.0 Å². The monoisotopic (exact) mass is 412 g/mol. The van der Waals surface area contributed by atoms with Crippen molar-refractivity contribution >= 4 is 32.7 Å². The standard InChI is InChI=1S/C21H20N2O5S/c1-14(2)21(25)28-13-17-11-10-16(12-22-17)20(24)23-29(26,27)19-9-5-7-15-6-3-4-8-18(15)19/h3-12,14H,13H2,1-2H3,(H,23,24). The number of amides is 1. The number of pyridine rings is 1. The molecule has 0 saturated heterocycles. The smallest absolute Gasteiger partial charge is 0.308 e. The van der Waals surface area contributed by atoms with Crippen LogP contribution in [0.25, 0.3) is 10.8 Å². The van der Waals surface area contributed by atoms with Crippen LogP contribution in [0.2, 0.25) is 0 Å². The third kappa shape index (κ3) is 4.78. The Balaban J connectivity index is 1.74. The van der Waals surface area contributed by atoms with E-state index in [9.17, 15) is 18.0 Å².